The van der Waals surface area contributed by atoms with E-state index >= 15 is 0 Å². The van der Waals surface area contributed by atoms with Crippen molar-refractivity contribution >= 4 is 85.7 Å². The van der Waals surface area contributed by atoms with E-state index in [4.69, 9.17) is 0 Å². The monoisotopic (exact) mass is 816 g/mol. The molecule has 0 amide bonds. The van der Waals surface area contributed by atoms with Crippen LogP contribution in [0.1, 0.15) is 11.1 Å². The zero-order valence-corrected chi connectivity index (χ0v) is 33.1. The van der Waals surface area contributed by atoms with Gasteiger partial charge in [-0.2, -0.15) is 0 Å². The molecule has 10 rings (SSSR count). The van der Waals surface area contributed by atoms with Crippen molar-refractivity contribution in [1.29, 1.82) is 0 Å². The molecule has 0 radical (unpaired) electrons. The Bertz CT molecular complexity index is 3110. The SMILES string of the molecule is Cc1cc(Br)c2c(-c3ccc4c(c3)c(-c3ccccc3)cc3c5ccc(-c6cccc7cccc(Br)c67)cc5c(-c5ccccc5)cc43)cc(C)cc2c1. The third-order valence-corrected chi connectivity index (χ3v) is 12.3. The van der Waals surface area contributed by atoms with Crippen LogP contribution >= 0.6 is 31.9 Å². The lowest BCUT2D eigenvalue weighted by molar-refractivity contribution is 1.46. The van der Waals surface area contributed by atoms with Gasteiger partial charge in [0, 0.05) is 19.7 Å². The van der Waals surface area contributed by atoms with Gasteiger partial charge in [-0.15, -0.1) is 0 Å². The molecule has 0 N–H and O–H groups in total. The van der Waals surface area contributed by atoms with Crippen LogP contribution in [0.25, 0.3) is 98.4 Å². The van der Waals surface area contributed by atoms with Crippen molar-refractivity contribution in [1.82, 2.24) is 0 Å². The Kier molecular flexibility index (Phi) is 8.02. The van der Waals surface area contributed by atoms with E-state index in [0.29, 0.717) is 0 Å². The van der Waals surface area contributed by atoms with Gasteiger partial charge in [0.25, 0.3) is 0 Å². The summed E-state index contributed by atoms with van der Waals surface area (Å²) in [7, 11) is 0. The van der Waals surface area contributed by atoms with Gasteiger partial charge in [0.1, 0.15) is 0 Å². The van der Waals surface area contributed by atoms with E-state index in [9.17, 15) is 0 Å². The van der Waals surface area contributed by atoms with Gasteiger partial charge < -0.3 is 0 Å². The Morgan fingerprint density at radius 1 is 0.296 bits per heavy atom. The first-order valence-corrected chi connectivity index (χ1v) is 20.0. The minimum atomic E-state index is 1.11. The number of hydrogen-bond donors (Lipinski definition) is 0. The van der Waals surface area contributed by atoms with Crippen LogP contribution in [-0.2, 0) is 0 Å². The van der Waals surface area contributed by atoms with E-state index in [1.807, 2.05) is 0 Å². The molecule has 2 heteroatoms. The topological polar surface area (TPSA) is 0 Å². The van der Waals surface area contributed by atoms with Crippen LogP contribution < -0.4 is 0 Å². The molecule has 54 heavy (non-hydrogen) atoms. The molecular weight excluding hydrogens is 784 g/mol. The molecule has 0 saturated heterocycles. The Hall–Kier alpha value is -5.54. The lowest BCUT2D eigenvalue weighted by Gasteiger charge is -2.18. The molecule has 256 valence electrons. The summed E-state index contributed by atoms with van der Waals surface area (Å²) in [5.41, 5.74) is 12.3. The molecule has 0 fully saturated rings. The van der Waals surface area contributed by atoms with Crippen molar-refractivity contribution < 1.29 is 0 Å². The van der Waals surface area contributed by atoms with E-state index in [2.05, 4.69) is 216 Å². The van der Waals surface area contributed by atoms with Gasteiger partial charge in [0.2, 0.25) is 0 Å². The minimum Gasteiger partial charge on any atom is -0.0622 e. The molecule has 10 aromatic carbocycles. The summed E-state index contributed by atoms with van der Waals surface area (Å²) in [6, 6.07) is 63.0. The summed E-state index contributed by atoms with van der Waals surface area (Å²) >= 11 is 7.81. The highest BCUT2D eigenvalue weighted by molar-refractivity contribution is 9.11. The van der Waals surface area contributed by atoms with Gasteiger partial charge in [0.15, 0.2) is 0 Å². The Morgan fingerprint density at radius 3 is 1.41 bits per heavy atom. The van der Waals surface area contributed by atoms with E-state index in [1.54, 1.807) is 0 Å². The highest BCUT2D eigenvalue weighted by Gasteiger charge is 2.18. The second-order valence-electron chi connectivity index (χ2n) is 14.5. The third-order valence-electron chi connectivity index (χ3n) is 11.0. The predicted octanol–water partition coefficient (Wildman–Crippen LogP) is 16.3. The molecule has 0 spiro atoms. The lowest BCUT2D eigenvalue weighted by Crippen LogP contribution is -1.92. The zero-order chi connectivity index (χ0) is 36.5. The summed E-state index contributed by atoms with van der Waals surface area (Å²) < 4.78 is 2.24. The van der Waals surface area contributed by atoms with Crippen LogP contribution in [0.3, 0.4) is 0 Å². The third kappa shape index (κ3) is 5.47. The minimum absolute atomic E-state index is 1.11. The van der Waals surface area contributed by atoms with E-state index in [-0.39, 0.29) is 0 Å². The van der Waals surface area contributed by atoms with Crippen molar-refractivity contribution in [2.45, 2.75) is 13.8 Å². The lowest BCUT2D eigenvalue weighted by atomic mass is 9.85. The summed E-state index contributed by atoms with van der Waals surface area (Å²) in [5, 5.41) is 12.5. The Labute approximate surface area is 332 Å². The highest BCUT2D eigenvalue weighted by atomic mass is 79.9. The molecule has 0 unspecified atom stereocenters. The molecule has 0 aliphatic rings. The van der Waals surface area contributed by atoms with Gasteiger partial charge in [-0.05, 0) is 149 Å². The van der Waals surface area contributed by atoms with Crippen LogP contribution in [-0.4, -0.2) is 0 Å². The number of halogens is 2. The van der Waals surface area contributed by atoms with E-state index < -0.39 is 0 Å². The fourth-order valence-corrected chi connectivity index (χ4v) is 10.0. The van der Waals surface area contributed by atoms with Gasteiger partial charge in [0.05, 0.1) is 0 Å². The van der Waals surface area contributed by atoms with Gasteiger partial charge >= 0.3 is 0 Å². The van der Waals surface area contributed by atoms with Crippen molar-refractivity contribution in [2.75, 3.05) is 0 Å². The van der Waals surface area contributed by atoms with Crippen molar-refractivity contribution in [2.24, 2.45) is 0 Å². The summed E-state index contributed by atoms with van der Waals surface area (Å²) in [5.74, 6) is 0. The first kappa shape index (κ1) is 33.1. The van der Waals surface area contributed by atoms with E-state index in [1.165, 1.54) is 109 Å². The smallest absolute Gasteiger partial charge is 0.0262 e. The first-order chi connectivity index (χ1) is 26.4. The predicted molar refractivity (Wildman–Crippen MR) is 241 cm³/mol. The first-order valence-electron chi connectivity index (χ1n) is 18.4. The Morgan fingerprint density at radius 2 is 0.815 bits per heavy atom. The van der Waals surface area contributed by atoms with Crippen molar-refractivity contribution in [3.8, 4) is 44.5 Å². The molecule has 0 aromatic heterocycles. The molecule has 0 aliphatic carbocycles. The largest absolute Gasteiger partial charge is 0.0622 e. The highest BCUT2D eigenvalue weighted by Crippen LogP contribution is 2.45. The van der Waals surface area contributed by atoms with Gasteiger partial charge in [-0.1, -0.05) is 165 Å². The maximum Gasteiger partial charge on any atom is 0.0262 e. The van der Waals surface area contributed by atoms with Crippen LogP contribution in [0.5, 0.6) is 0 Å². The molecule has 0 aliphatic heterocycles. The second-order valence-corrected chi connectivity index (χ2v) is 16.2. The fraction of sp³-hybridized carbons (Fsp3) is 0.0385. The maximum absolute atomic E-state index is 3.94. The normalized spacial score (nSPS) is 11.7. The van der Waals surface area contributed by atoms with Crippen LogP contribution in [0.15, 0.2) is 179 Å². The van der Waals surface area contributed by atoms with Gasteiger partial charge in [-0.3, -0.25) is 0 Å². The average molecular weight is 819 g/mol. The van der Waals surface area contributed by atoms with E-state index in [0.717, 1.165) is 8.95 Å². The second kappa shape index (κ2) is 13.1. The van der Waals surface area contributed by atoms with Gasteiger partial charge in [-0.25, -0.2) is 0 Å². The zero-order valence-electron chi connectivity index (χ0n) is 29.9. The number of fused-ring (bicyclic) bond motifs is 7. The molecule has 0 atom stereocenters. The molecular formula is C52H34Br2. The summed E-state index contributed by atoms with van der Waals surface area (Å²) in [6.45, 7) is 4.36. The number of benzene rings is 10. The van der Waals surface area contributed by atoms with Crippen LogP contribution in [0, 0.1) is 13.8 Å². The Balaban J connectivity index is 1.30. The average Bonchev–Trinajstić information content (AvgIpc) is 3.19. The maximum atomic E-state index is 3.94. The number of aryl methyl sites for hydroxylation is 2. The molecule has 0 saturated carbocycles. The molecule has 0 nitrogen and oxygen atoms in total. The standard InChI is InChI=1S/C52H34Br2/c1-31-23-38-24-32(2)26-50(54)52(38)44(25-31)37-20-22-41-46(28-37)43(34-13-7-4-8-14-34)30-47-40-21-19-36(39-17-9-15-35-16-10-18-49(53)51(35)39)27-45(40)42(29-48(41)47)33-11-5-3-6-12-33/h3-30H,1-2H3. The molecule has 0 heterocycles. The summed E-state index contributed by atoms with van der Waals surface area (Å²) in [6.07, 6.45) is 0. The van der Waals surface area contributed by atoms with Crippen molar-refractivity contribution in [3.63, 3.8) is 0 Å². The molecule has 10 aromatic rings. The fourth-order valence-electron chi connectivity index (χ4n) is 8.61. The number of hydrogen-bond acceptors (Lipinski definition) is 0. The van der Waals surface area contributed by atoms with Crippen molar-refractivity contribution in [3.05, 3.63) is 190 Å². The van der Waals surface area contributed by atoms with Crippen LogP contribution in [0.2, 0.25) is 0 Å². The number of rotatable bonds is 4. The molecule has 0 bridgehead atoms. The quantitative estimate of drug-likeness (QED) is 0.155. The summed E-state index contributed by atoms with van der Waals surface area (Å²) in [4.78, 5) is 0. The van der Waals surface area contributed by atoms with Crippen LogP contribution in [0.4, 0.5) is 0 Å².